The summed E-state index contributed by atoms with van der Waals surface area (Å²) in [5.74, 6) is -0.133. The Morgan fingerprint density at radius 2 is 1.88 bits per heavy atom. The van der Waals surface area contributed by atoms with Crippen molar-refractivity contribution in [1.29, 1.82) is 0 Å². The summed E-state index contributed by atoms with van der Waals surface area (Å²) in [5, 5.41) is 14.3. The van der Waals surface area contributed by atoms with Crippen LogP contribution in [-0.2, 0) is 11.2 Å². The lowest BCUT2D eigenvalue weighted by Crippen LogP contribution is -2.20. The van der Waals surface area contributed by atoms with E-state index in [2.05, 4.69) is 10.6 Å². The number of methoxy groups -OCH3 is 1. The van der Waals surface area contributed by atoms with Crippen molar-refractivity contribution in [2.45, 2.75) is 26.7 Å². The van der Waals surface area contributed by atoms with Gasteiger partial charge in [-0.15, -0.1) is 0 Å². The molecule has 6 heteroatoms. The number of hydrogen-bond acceptors (Lipinski definition) is 3. The SMILES string of the molecule is COc1cc(C)cc(NC(=O)Nc2cccc(CCC(=O)O)c2)c1C. The summed E-state index contributed by atoms with van der Waals surface area (Å²) in [6, 6.07) is 10.6. The first-order valence-electron chi connectivity index (χ1n) is 7.93. The summed E-state index contributed by atoms with van der Waals surface area (Å²) in [6.07, 6.45) is 0.471. The van der Waals surface area contributed by atoms with Crippen molar-refractivity contribution in [3.05, 3.63) is 53.1 Å². The summed E-state index contributed by atoms with van der Waals surface area (Å²) in [4.78, 5) is 22.9. The molecule has 132 valence electrons. The third-order valence-corrected chi connectivity index (χ3v) is 3.78. The average molecular weight is 342 g/mol. The van der Waals surface area contributed by atoms with Gasteiger partial charge in [0.15, 0.2) is 0 Å². The van der Waals surface area contributed by atoms with Crippen molar-refractivity contribution in [2.24, 2.45) is 0 Å². The van der Waals surface area contributed by atoms with E-state index in [-0.39, 0.29) is 12.5 Å². The number of anilines is 2. The molecule has 0 saturated carbocycles. The van der Waals surface area contributed by atoms with Crippen LogP contribution in [0.25, 0.3) is 0 Å². The fraction of sp³-hybridized carbons (Fsp3) is 0.263. The number of nitrogens with one attached hydrogen (secondary N) is 2. The van der Waals surface area contributed by atoms with Crippen LogP contribution >= 0.6 is 0 Å². The lowest BCUT2D eigenvalue weighted by atomic mass is 10.1. The van der Waals surface area contributed by atoms with E-state index in [9.17, 15) is 9.59 Å². The molecule has 2 rings (SSSR count). The second-order valence-electron chi connectivity index (χ2n) is 5.81. The zero-order valence-electron chi connectivity index (χ0n) is 14.6. The fourth-order valence-electron chi connectivity index (χ4n) is 2.51. The molecular weight excluding hydrogens is 320 g/mol. The maximum absolute atomic E-state index is 12.3. The Morgan fingerprint density at radius 1 is 1.12 bits per heavy atom. The number of carboxylic acids is 1. The Bertz CT molecular complexity index is 787. The lowest BCUT2D eigenvalue weighted by molar-refractivity contribution is -0.136. The zero-order valence-corrected chi connectivity index (χ0v) is 14.6. The van der Waals surface area contributed by atoms with Crippen molar-refractivity contribution in [2.75, 3.05) is 17.7 Å². The Kier molecular flexibility index (Phi) is 6.00. The van der Waals surface area contributed by atoms with Gasteiger partial charge in [0.05, 0.1) is 7.11 Å². The summed E-state index contributed by atoms with van der Waals surface area (Å²) >= 11 is 0. The predicted octanol–water partition coefficient (Wildman–Crippen LogP) is 3.97. The Balaban J connectivity index is 2.07. The molecule has 0 heterocycles. The van der Waals surface area contributed by atoms with E-state index in [1.165, 1.54) is 0 Å². The first-order chi connectivity index (χ1) is 11.9. The van der Waals surface area contributed by atoms with Crippen molar-refractivity contribution < 1.29 is 19.4 Å². The number of aryl methyl sites for hydroxylation is 2. The number of carbonyl (C=O) groups excluding carboxylic acids is 1. The number of aliphatic carboxylic acids is 1. The number of amides is 2. The maximum atomic E-state index is 12.3. The van der Waals surface area contributed by atoms with Gasteiger partial charge in [0, 0.05) is 23.4 Å². The number of carboxylic acid groups (broad SMARTS) is 1. The number of ether oxygens (including phenoxy) is 1. The molecule has 0 aliphatic carbocycles. The van der Waals surface area contributed by atoms with Crippen molar-refractivity contribution in [3.63, 3.8) is 0 Å². The molecular formula is C19H22N2O4. The number of hydrogen-bond donors (Lipinski definition) is 3. The smallest absolute Gasteiger partial charge is 0.323 e. The molecule has 0 aliphatic heterocycles. The monoisotopic (exact) mass is 342 g/mol. The van der Waals surface area contributed by atoms with E-state index in [1.54, 1.807) is 25.3 Å². The molecule has 0 atom stereocenters. The van der Waals surface area contributed by atoms with Crippen LogP contribution in [0.15, 0.2) is 36.4 Å². The van der Waals surface area contributed by atoms with Crippen molar-refractivity contribution >= 4 is 23.4 Å². The van der Waals surface area contributed by atoms with Crippen LogP contribution in [-0.4, -0.2) is 24.2 Å². The van der Waals surface area contributed by atoms with E-state index in [1.807, 2.05) is 32.0 Å². The van der Waals surface area contributed by atoms with Crippen LogP contribution < -0.4 is 15.4 Å². The summed E-state index contributed by atoms with van der Waals surface area (Å²) in [6.45, 7) is 3.80. The molecule has 0 bridgehead atoms. The van der Waals surface area contributed by atoms with E-state index >= 15 is 0 Å². The quantitative estimate of drug-likeness (QED) is 0.741. The number of benzene rings is 2. The third-order valence-electron chi connectivity index (χ3n) is 3.78. The predicted molar refractivity (Wildman–Crippen MR) is 97.5 cm³/mol. The normalized spacial score (nSPS) is 10.2. The van der Waals surface area contributed by atoms with Gasteiger partial charge in [0.2, 0.25) is 0 Å². The average Bonchev–Trinajstić information content (AvgIpc) is 2.56. The summed E-state index contributed by atoms with van der Waals surface area (Å²) in [5.41, 5.74) is 3.97. The van der Waals surface area contributed by atoms with Gasteiger partial charge in [0.25, 0.3) is 0 Å². The van der Waals surface area contributed by atoms with Gasteiger partial charge in [-0.1, -0.05) is 12.1 Å². The standard InChI is InChI=1S/C19H22N2O4/c1-12-9-16(13(2)17(10-12)25-3)21-19(24)20-15-6-4-5-14(11-15)7-8-18(22)23/h4-6,9-11H,7-8H2,1-3H3,(H,22,23)(H2,20,21,24). The van der Waals surface area contributed by atoms with E-state index in [4.69, 9.17) is 9.84 Å². The van der Waals surface area contributed by atoms with Crippen LogP contribution in [0.1, 0.15) is 23.1 Å². The highest BCUT2D eigenvalue weighted by molar-refractivity contribution is 6.00. The number of rotatable bonds is 6. The second kappa shape index (κ2) is 8.19. The van der Waals surface area contributed by atoms with Gasteiger partial charge >= 0.3 is 12.0 Å². The molecule has 2 aromatic rings. The van der Waals surface area contributed by atoms with Crippen LogP contribution in [0.5, 0.6) is 5.75 Å². The molecule has 0 aliphatic rings. The largest absolute Gasteiger partial charge is 0.496 e. The number of carbonyl (C=O) groups is 2. The molecule has 0 saturated heterocycles. The molecule has 2 amide bonds. The molecule has 6 nitrogen and oxygen atoms in total. The minimum absolute atomic E-state index is 0.0535. The van der Waals surface area contributed by atoms with E-state index in [0.717, 1.165) is 16.7 Å². The summed E-state index contributed by atoms with van der Waals surface area (Å²) in [7, 11) is 1.59. The highest BCUT2D eigenvalue weighted by Gasteiger charge is 2.10. The lowest BCUT2D eigenvalue weighted by Gasteiger charge is -2.14. The molecule has 0 aromatic heterocycles. The molecule has 25 heavy (non-hydrogen) atoms. The van der Waals surface area contributed by atoms with E-state index in [0.29, 0.717) is 23.5 Å². The minimum Gasteiger partial charge on any atom is -0.496 e. The van der Waals surface area contributed by atoms with Gasteiger partial charge in [0.1, 0.15) is 5.75 Å². The molecule has 0 fully saturated rings. The van der Waals surface area contributed by atoms with Crippen LogP contribution in [0.4, 0.5) is 16.2 Å². The Hall–Kier alpha value is -3.02. The number of urea groups is 1. The maximum Gasteiger partial charge on any atom is 0.323 e. The van der Waals surface area contributed by atoms with Gasteiger partial charge in [-0.05, 0) is 55.7 Å². The van der Waals surface area contributed by atoms with Gasteiger partial charge in [-0.25, -0.2) is 4.79 Å². The molecule has 2 aromatic carbocycles. The van der Waals surface area contributed by atoms with Crippen LogP contribution in [0.3, 0.4) is 0 Å². The minimum atomic E-state index is -0.847. The Labute approximate surface area is 146 Å². The van der Waals surface area contributed by atoms with Crippen LogP contribution in [0.2, 0.25) is 0 Å². The first-order valence-corrected chi connectivity index (χ1v) is 7.93. The molecule has 0 spiro atoms. The van der Waals surface area contributed by atoms with Gasteiger partial charge < -0.3 is 20.5 Å². The Morgan fingerprint density at radius 3 is 2.56 bits per heavy atom. The third kappa shape index (κ3) is 5.24. The first kappa shape index (κ1) is 18.3. The molecule has 3 N–H and O–H groups in total. The highest BCUT2D eigenvalue weighted by Crippen LogP contribution is 2.27. The fourth-order valence-corrected chi connectivity index (χ4v) is 2.51. The van der Waals surface area contributed by atoms with Gasteiger partial charge in [-0.3, -0.25) is 4.79 Å². The second-order valence-corrected chi connectivity index (χ2v) is 5.81. The van der Waals surface area contributed by atoms with Crippen molar-refractivity contribution in [1.82, 2.24) is 0 Å². The molecule has 0 radical (unpaired) electrons. The molecule has 0 unspecified atom stereocenters. The van der Waals surface area contributed by atoms with Crippen molar-refractivity contribution in [3.8, 4) is 5.75 Å². The van der Waals surface area contributed by atoms with Crippen LogP contribution in [0, 0.1) is 13.8 Å². The highest BCUT2D eigenvalue weighted by atomic mass is 16.5. The zero-order chi connectivity index (χ0) is 18.4. The topological polar surface area (TPSA) is 87.7 Å². The summed E-state index contributed by atoms with van der Waals surface area (Å²) < 4.78 is 5.31. The van der Waals surface area contributed by atoms with Gasteiger partial charge in [-0.2, -0.15) is 0 Å². The van der Waals surface area contributed by atoms with E-state index < -0.39 is 5.97 Å².